The summed E-state index contributed by atoms with van der Waals surface area (Å²) in [4.78, 5) is 30.4. The normalized spacial score (nSPS) is 30.1. The number of aliphatic hydroxyl groups is 1. The van der Waals surface area contributed by atoms with Gasteiger partial charge in [-0.25, -0.2) is 0 Å². The Morgan fingerprint density at radius 1 is 1.06 bits per heavy atom. The van der Waals surface area contributed by atoms with Gasteiger partial charge in [-0.3, -0.25) is 9.59 Å². The van der Waals surface area contributed by atoms with E-state index in [1.807, 2.05) is 12.1 Å². The molecule has 1 aromatic carbocycles. The van der Waals surface area contributed by atoms with E-state index in [-0.39, 0.29) is 35.3 Å². The van der Waals surface area contributed by atoms with Gasteiger partial charge in [0.05, 0.1) is 22.8 Å². The number of hydrogen-bond donors (Lipinski definition) is 2. The van der Waals surface area contributed by atoms with Crippen molar-refractivity contribution in [3.05, 3.63) is 23.8 Å². The summed E-state index contributed by atoms with van der Waals surface area (Å²) in [7, 11) is 0. The summed E-state index contributed by atoms with van der Waals surface area (Å²) < 4.78 is 0. The number of likely N-dealkylation sites (tertiary alicyclic amines) is 1. The second kappa shape index (κ2) is 9.58. The zero-order valence-corrected chi connectivity index (χ0v) is 20.0. The molecule has 2 aliphatic heterocycles. The Balaban J connectivity index is 1.29. The molecule has 182 valence electrons. The van der Waals surface area contributed by atoms with E-state index in [0.717, 1.165) is 89.4 Å². The summed E-state index contributed by atoms with van der Waals surface area (Å²) in [6.07, 6.45) is 9.90. The van der Waals surface area contributed by atoms with Crippen LogP contribution in [0.1, 0.15) is 76.2 Å². The van der Waals surface area contributed by atoms with E-state index in [2.05, 4.69) is 21.2 Å². The van der Waals surface area contributed by atoms with E-state index < -0.39 is 0 Å². The van der Waals surface area contributed by atoms with E-state index in [0.29, 0.717) is 17.8 Å². The Kier molecular flexibility index (Phi) is 6.52. The maximum atomic E-state index is 13.6. The molecular formula is C27H36N4O3. The van der Waals surface area contributed by atoms with Gasteiger partial charge in [-0.05, 0) is 76.0 Å². The van der Waals surface area contributed by atoms with Gasteiger partial charge in [0.1, 0.15) is 6.07 Å². The third-order valence-electron chi connectivity index (χ3n) is 8.68. The van der Waals surface area contributed by atoms with Crippen molar-refractivity contribution in [2.24, 2.45) is 11.3 Å². The summed E-state index contributed by atoms with van der Waals surface area (Å²) >= 11 is 0. The first kappa shape index (κ1) is 23.2. The lowest BCUT2D eigenvalue weighted by atomic mass is 9.78. The predicted octanol–water partition coefficient (Wildman–Crippen LogP) is 3.81. The topological polar surface area (TPSA) is 96.7 Å². The van der Waals surface area contributed by atoms with E-state index in [1.54, 1.807) is 6.07 Å². The van der Waals surface area contributed by atoms with Crippen LogP contribution in [0.4, 0.5) is 11.4 Å². The van der Waals surface area contributed by atoms with Crippen molar-refractivity contribution in [1.82, 2.24) is 4.90 Å². The summed E-state index contributed by atoms with van der Waals surface area (Å²) in [6.45, 7) is 2.26. The third kappa shape index (κ3) is 4.40. The fraction of sp³-hybridized carbons (Fsp3) is 0.667. The zero-order chi connectivity index (χ0) is 23.7. The van der Waals surface area contributed by atoms with Crippen LogP contribution in [0.5, 0.6) is 0 Å². The van der Waals surface area contributed by atoms with Crippen molar-refractivity contribution in [3.63, 3.8) is 0 Å². The molecule has 7 heteroatoms. The molecule has 2 saturated heterocycles. The maximum absolute atomic E-state index is 13.6. The van der Waals surface area contributed by atoms with Crippen molar-refractivity contribution >= 4 is 23.2 Å². The van der Waals surface area contributed by atoms with E-state index in [1.165, 1.54) is 0 Å². The molecule has 34 heavy (non-hydrogen) atoms. The fourth-order valence-corrected chi connectivity index (χ4v) is 6.69. The smallest absolute Gasteiger partial charge is 0.230 e. The van der Waals surface area contributed by atoms with Crippen molar-refractivity contribution in [2.45, 2.75) is 82.8 Å². The van der Waals surface area contributed by atoms with Crippen LogP contribution in [0, 0.1) is 22.7 Å². The fourth-order valence-electron chi connectivity index (χ4n) is 6.69. The molecule has 2 heterocycles. The number of aliphatic hydroxyl groups excluding tert-OH is 1. The Bertz CT molecular complexity index is 975. The molecule has 5 rings (SSSR count). The highest BCUT2D eigenvalue weighted by atomic mass is 16.3. The van der Waals surface area contributed by atoms with Crippen LogP contribution >= 0.6 is 0 Å². The number of carbonyl (C=O) groups excluding carboxylic acids is 2. The molecule has 2 aliphatic carbocycles. The second-order valence-corrected chi connectivity index (χ2v) is 10.8. The van der Waals surface area contributed by atoms with E-state index >= 15 is 0 Å². The molecule has 1 atom stereocenters. The minimum absolute atomic E-state index is 0.0536. The van der Waals surface area contributed by atoms with Gasteiger partial charge in [0.25, 0.3) is 0 Å². The third-order valence-corrected chi connectivity index (χ3v) is 8.68. The minimum atomic E-state index is -0.379. The highest BCUT2D eigenvalue weighted by molar-refractivity contribution is 5.93. The SMILES string of the molecule is N#Cc1cc(NC(=O)C2CCCC2)ccc1N1CCC[C@@]2(CCN([C@H]3CC[C@H](O)CC3)C2=O)C1. The van der Waals surface area contributed by atoms with Gasteiger partial charge in [0.15, 0.2) is 0 Å². The molecule has 7 nitrogen and oxygen atoms in total. The van der Waals surface area contributed by atoms with Crippen LogP contribution in [-0.2, 0) is 9.59 Å². The van der Waals surface area contributed by atoms with Gasteiger partial charge in [-0.2, -0.15) is 5.26 Å². The number of nitrogens with one attached hydrogen (secondary N) is 1. The van der Waals surface area contributed by atoms with Gasteiger partial charge in [-0.1, -0.05) is 12.8 Å². The first-order valence-electron chi connectivity index (χ1n) is 13.1. The summed E-state index contributed by atoms with van der Waals surface area (Å²) in [5, 5.41) is 22.7. The predicted molar refractivity (Wildman–Crippen MR) is 130 cm³/mol. The number of anilines is 2. The van der Waals surface area contributed by atoms with Gasteiger partial charge in [0.2, 0.25) is 11.8 Å². The number of benzene rings is 1. The van der Waals surface area contributed by atoms with Gasteiger partial charge < -0.3 is 20.2 Å². The molecular weight excluding hydrogens is 428 g/mol. The standard InChI is InChI=1S/C27H36N4O3/c28-17-20-16-21(29-25(33)19-4-1-2-5-19)6-11-24(20)30-14-3-12-27(18-30)13-15-31(26(27)34)22-7-9-23(32)10-8-22/h6,11,16,19,22-23,32H,1-5,7-10,12-15,18H2,(H,29,33)/t22-,23-,27-/m1/s1. The van der Waals surface area contributed by atoms with Crippen LogP contribution in [0.2, 0.25) is 0 Å². The molecule has 0 radical (unpaired) electrons. The number of piperidine rings is 1. The largest absolute Gasteiger partial charge is 0.393 e. The number of rotatable bonds is 4. The Morgan fingerprint density at radius 3 is 2.56 bits per heavy atom. The van der Waals surface area contributed by atoms with E-state index in [9.17, 15) is 20.0 Å². The summed E-state index contributed by atoms with van der Waals surface area (Å²) in [5.41, 5.74) is 1.69. The average molecular weight is 465 g/mol. The number of hydrogen-bond acceptors (Lipinski definition) is 5. The quantitative estimate of drug-likeness (QED) is 0.706. The molecule has 0 unspecified atom stereocenters. The summed E-state index contributed by atoms with van der Waals surface area (Å²) in [5.74, 6) is 0.395. The van der Waals surface area contributed by atoms with Crippen molar-refractivity contribution in [2.75, 3.05) is 29.9 Å². The maximum Gasteiger partial charge on any atom is 0.230 e. The van der Waals surface area contributed by atoms with Crippen LogP contribution in [-0.4, -0.2) is 53.6 Å². The van der Waals surface area contributed by atoms with Crippen molar-refractivity contribution in [3.8, 4) is 6.07 Å². The number of amides is 2. The van der Waals surface area contributed by atoms with Gasteiger partial charge in [-0.15, -0.1) is 0 Å². The molecule has 1 spiro atoms. The molecule has 1 aromatic rings. The highest BCUT2D eigenvalue weighted by Gasteiger charge is 2.50. The van der Waals surface area contributed by atoms with Crippen LogP contribution < -0.4 is 10.2 Å². The first-order valence-corrected chi connectivity index (χ1v) is 13.1. The highest BCUT2D eigenvalue weighted by Crippen LogP contribution is 2.44. The zero-order valence-electron chi connectivity index (χ0n) is 20.0. The second-order valence-electron chi connectivity index (χ2n) is 10.8. The lowest BCUT2D eigenvalue weighted by Crippen LogP contribution is -2.50. The van der Waals surface area contributed by atoms with E-state index in [4.69, 9.17) is 0 Å². The molecule has 4 fully saturated rings. The van der Waals surface area contributed by atoms with Crippen molar-refractivity contribution < 1.29 is 14.7 Å². The molecule has 2 saturated carbocycles. The average Bonchev–Trinajstić information content (AvgIpc) is 3.49. The van der Waals surface area contributed by atoms with Gasteiger partial charge in [0, 0.05) is 37.3 Å². The Hall–Kier alpha value is -2.59. The molecule has 0 bridgehead atoms. The lowest BCUT2D eigenvalue weighted by molar-refractivity contribution is -0.139. The van der Waals surface area contributed by atoms with Crippen molar-refractivity contribution in [1.29, 1.82) is 5.26 Å². The number of nitrogens with zero attached hydrogens (tertiary/aromatic N) is 3. The number of nitriles is 1. The monoisotopic (exact) mass is 464 g/mol. The first-order chi connectivity index (χ1) is 16.5. The minimum Gasteiger partial charge on any atom is -0.393 e. The Labute approximate surface area is 202 Å². The van der Waals surface area contributed by atoms with Crippen LogP contribution in [0.3, 0.4) is 0 Å². The molecule has 0 aromatic heterocycles. The lowest BCUT2D eigenvalue weighted by Gasteiger charge is -2.41. The number of carbonyl (C=O) groups is 2. The van der Waals surface area contributed by atoms with Gasteiger partial charge >= 0.3 is 0 Å². The van der Waals surface area contributed by atoms with Crippen LogP contribution in [0.15, 0.2) is 18.2 Å². The Morgan fingerprint density at radius 2 is 1.82 bits per heavy atom. The molecule has 2 N–H and O–H groups in total. The molecule has 2 amide bonds. The summed E-state index contributed by atoms with van der Waals surface area (Å²) in [6, 6.07) is 8.17. The van der Waals surface area contributed by atoms with Crippen LogP contribution in [0.25, 0.3) is 0 Å². The molecule has 4 aliphatic rings.